The number of hydrogen-bond acceptors (Lipinski definition) is 7. The van der Waals surface area contributed by atoms with Crippen LogP contribution in [0.2, 0.25) is 0 Å². The Hall–Kier alpha value is -2.94. The van der Waals surface area contributed by atoms with Crippen LogP contribution in [0, 0.1) is 0 Å². The summed E-state index contributed by atoms with van der Waals surface area (Å²) in [5, 5.41) is 8.61. The third-order valence-corrected chi connectivity index (χ3v) is 5.12. The molecule has 1 aromatic carbocycles. The van der Waals surface area contributed by atoms with Gasteiger partial charge in [0.25, 0.3) is 0 Å². The first-order valence-electron chi connectivity index (χ1n) is 13.9. The van der Waals surface area contributed by atoms with Gasteiger partial charge in [0.2, 0.25) is 0 Å². The monoisotopic (exact) mass is 549 g/mol. The van der Waals surface area contributed by atoms with Crippen molar-refractivity contribution in [2.75, 3.05) is 6.54 Å². The second kappa shape index (κ2) is 18.4. The molecule has 0 aliphatic heterocycles. The summed E-state index contributed by atoms with van der Waals surface area (Å²) >= 11 is 0. The van der Waals surface area contributed by atoms with Gasteiger partial charge in [-0.3, -0.25) is 9.59 Å². The third kappa shape index (κ3) is 18.9. The SMILES string of the molecule is CC.CC(=O)C(CCC(=O)OC(C)(C)C)NC(=O)NC(CCCCNCc1ccccc1)C(=O)OC(C)(C)C. The predicted molar refractivity (Wildman–Crippen MR) is 154 cm³/mol. The van der Waals surface area contributed by atoms with Gasteiger partial charge in [0, 0.05) is 13.0 Å². The summed E-state index contributed by atoms with van der Waals surface area (Å²) < 4.78 is 10.8. The van der Waals surface area contributed by atoms with Crippen molar-refractivity contribution in [1.29, 1.82) is 0 Å². The first kappa shape index (κ1) is 36.1. The maximum atomic E-state index is 12.8. The maximum Gasteiger partial charge on any atom is 0.329 e. The van der Waals surface area contributed by atoms with Gasteiger partial charge < -0.3 is 25.4 Å². The molecule has 0 saturated heterocycles. The van der Waals surface area contributed by atoms with Crippen LogP contribution in [0.1, 0.15) is 100.0 Å². The molecule has 1 rings (SSSR count). The predicted octanol–water partition coefficient (Wildman–Crippen LogP) is 5.06. The first-order valence-corrected chi connectivity index (χ1v) is 13.9. The number of carbonyl (C=O) groups is 4. The number of amides is 2. The second-order valence-electron chi connectivity index (χ2n) is 11.2. The fourth-order valence-corrected chi connectivity index (χ4v) is 3.44. The van der Waals surface area contributed by atoms with E-state index >= 15 is 0 Å². The second-order valence-corrected chi connectivity index (χ2v) is 11.2. The first-order chi connectivity index (χ1) is 18.2. The number of ketones is 1. The highest BCUT2D eigenvalue weighted by atomic mass is 16.6. The molecular formula is C30H51N3O6. The lowest BCUT2D eigenvalue weighted by Gasteiger charge is -2.25. The Balaban J connectivity index is 0.00000704. The molecule has 0 aliphatic carbocycles. The van der Waals surface area contributed by atoms with Gasteiger partial charge >= 0.3 is 18.0 Å². The zero-order chi connectivity index (χ0) is 30.1. The maximum absolute atomic E-state index is 12.8. The summed E-state index contributed by atoms with van der Waals surface area (Å²) in [5.74, 6) is -1.28. The van der Waals surface area contributed by atoms with Gasteiger partial charge in [0.15, 0.2) is 5.78 Å². The number of esters is 2. The lowest BCUT2D eigenvalue weighted by molar-refractivity contribution is -0.157. The van der Waals surface area contributed by atoms with Gasteiger partial charge in [-0.2, -0.15) is 0 Å². The molecule has 39 heavy (non-hydrogen) atoms. The van der Waals surface area contributed by atoms with E-state index in [1.807, 2.05) is 32.0 Å². The van der Waals surface area contributed by atoms with Crippen molar-refractivity contribution >= 4 is 23.8 Å². The van der Waals surface area contributed by atoms with E-state index in [-0.39, 0.29) is 18.6 Å². The van der Waals surface area contributed by atoms with Crippen molar-refractivity contribution < 1.29 is 28.7 Å². The number of urea groups is 1. The van der Waals surface area contributed by atoms with Crippen LogP contribution in [-0.4, -0.2) is 53.6 Å². The molecule has 0 spiro atoms. The average molecular weight is 550 g/mol. The van der Waals surface area contributed by atoms with Crippen LogP contribution in [0.3, 0.4) is 0 Å². The minimum atomic E-state index is -0.881. The van der Waals surface area contributed by atoms with E-state index in [0.717, 1.165) is 19.5 Å². The van der Waals surface area contributed by atoms with Crippen molar-refractivity contribution in [3.05, 3.63) is 35.9 Å². The van der Waals surface area contributed by atoms with E-state index in [0.29, 0.717) is 12.8 Å². The van der Waals surface area contributed by atoms with Crippen LogP contribution in [0.4, 0.5) is 4.79 Å². The van der Waals surface area contributed by atoms with Gasteiger partial charge in [0.1, 0.15) is 17.2 Å². The smallest absolute Gasteiger partial charge is 0.329 e. The molecule has 0 fully saturated rings. The topological polar surface area (TPSA) is 123 Å². The van der Waals surface area contributed by atoms with Crippen molar-refractivity contribution in [3.8, 4) is 0 Å². The molecule has 9 heteroatoms. The van der Waals surface area contributed by atoms with E-state index in [1.54, 1.807) is 41.5 Å². The number of carbonyl (C=O) groups excluding carboxylic acids is 4. The summed E-state index contributed by atoms with van der Waals surface area (Å²) in [7, 11) is 0. The number of nitrogens with one attached hydrogen (secondary N) is 3. The molecule has 0 aromatic heterocycles. The number of rotatable bonds is 14. The molecule has 2 amide bonds. The van der Waals surface area contributed by atoms with Crippen LogP contribution in [0.25, 0.3) is 0 Å². The van der Waals surface area contributed by atoms with Crippen LogP contribution in [0.5, 0.6) is 0 Å². The standard InChI is InChI=1S/C28H45N3O6.C2H6/c1-20(32)22(16-17-24(33)36-27(2,3)4)30-26(35)31-23(25(34)37-28(5,6)7)15-11-12-18-29-19-21-13-9-8-10-14-21;1-2/h8-10,13-14,22-23,29H,11-12,15-19H2,1-7H3,(H2,30,31,35);1-2H3. The highest BCUT2D eigenvalue weighted by Crippen LogP contribution is 2.13. The largest absolute Gasteiger partial charge is 0.460 e. The van der Waals surface area contributed by atoms with Crippen molar-refractivity contribution in [2.45, 2.75) is 124 Å². The lowest BCUT2D eigenvalue weighted by atomic mass is 10.1. The van der Waals surface area contributed by atoms with Gasteiger partial charge in [-0.1, -0.05) is 44.2 Å². The highest BCUT2D eigenvalue weighted by molar-refractivity contribution is 5.89. The van der Waals surface area contributed by atoms with Crippen LogP contribution >= 0.6 is 0 Å². The van der Waals surface area contributed by atoms with Gasteiger partial charge in [0.05, 0.1) is 6.04 Å². The number of Topliss-reactive ketones (excluding diaryl/α,β-unsaturated/α-hetero) is 1. The zero-order valence-corrected chi connectivity index (χ0v) is 25.4. The summed E-state index contributed by atoms with van der Waals surface area (Å²) in [6.45, 7) is 17.4. The summed E-state index contributed by atoms with van der Waals surface area (Å²) in [5.41, 5.74) is -0.148. The summed E-state index contributed by atoms with van der Waals surface area (Å²) in [4.78, 5) is 49.5. The molecule has 0 heterocycles. The van der Waals surface area contributed by atoms with E-state index in [4.69, 9.17) is 9.47 Å². The molecule has 0 radical (unpaired) electrons. The molecule has 0 aliphatic rings. The number of ether oxygens (including phenoxy) is 2. The number of unbranched alkanes of at least 4 members (excludes halogenated alkanes) is 1. The van der Waals surface area contributed by atoms with Gasteiger partial charge in [-0.05, 0) is 86.3 Å². The zero-order valence-electron chi connectivity index (χ0n) is 25.4. The van der Waals surface area contributed by atoms with Crippen LogP contribution < -0.4 is 16.0 Å². The highest BCUT2D eigenvalue weighted by Gasteiger charge is 2.28. The third-order valence-electron chi connectivity index (χ3n) is 5.12. The molecule has 2 atom stereocenters. The number of benzene rings is 1. The quantitative estimate of drug-likeness (QED) is 0.219. The average Bonchev–Trinajstić information content (AvgIpc) is 2.82. The van der Waals surface area contributed by atoms with Crippen molar-refractivity contribution in [3.63, 3.8) is 0 Å². The van der Waals surface area contributed by atoms with Crippen LogP contribution in [-0.2, 0) is 30.4 Å². The van der Waals surface area contributed by atoms with Crippen molar-refractivity contribution in [2.24, 2.45) is 0 Å². The fraction of sp³-hybridized carbons (Fsp3) is 0.667. The fourth-order valence-electron chi connectivity index (χ4n) is 3.44. The number of hydrogen-bond donors (Lipinski definition) is 3. The Morgan fingerprint density at radius 2 is 1.36 bits per heavy atom. The Morgan fingerprint density at radius 3 is 1.90 bits per heavy atom. The van der Waals surface area contributed by atoms with E-state index in [1.165, 1.54) is 12.5 Å². The molecule has 3 N–H and O–H groups in total. The lowest BCUT2D eigenvalue weighted by Crippen LogP contribution is -2.52. The molecule has 0 bridgehead atoms. The minimum absolute atomic E-state index is 0.0206. The molecule has 222 valence electrons. The van der Waals surface area contributed by atoms with E-state index in [9.17, 15) is 19.2 Å². The van der Waals surface area contributed by atoms with E-state index in [2.05, 4.69) is 28.1 Å². The molecule has 1 aromatic rings. The van der Waals surface area contributed by atoms with Gasteiger partial charge in [-0.15, -0.1) is 0 Å². The summed E-state index contributed by atoms with van der Waals surface area (Å²) in [6, 6.07) is 7.65. The normalized spacial score (nSPS) is 12.7. The van der Waals surface area contributed by atoms with Crippen LogP contribution in [0.15, 0.2) is 30.3 Å². The molecule has 2 unspecified atom stereocenters. The Kier molecular flexibility index (Phi) is 17.0. The Morgan fingerprint density at radius 1 is 0.795 bits per heavy atom. The van der Waals surface area contributed by atoms with Crippen molar-refractivity contribution in [1.82, 2.24) is 16.0 Å². The van der Waals surface area contributed by atoms with E-state index < -0.39 is 41.3 Å². The minimum Gasteiger partial charge on any atom is -0.460 e. The molecule has 9 nitrogen and oxygen atoms in total. The molecule has 0 saturated carbocycles. The Labute approximate surface area is 235 Å². The Bertz CT molecular complexity index is 875. The molecular weight excluding hydrogens is 498 g/mol. The van der Waals surface area contributed by atoms with Gasteiger partial charge in [-0.25, -0.2) is 9.59 Å². The summed E-state index contributed by atoms with van der Waals surface area (Å²) in [6.07, 6.45) is 1.95.